The van der Waals surface area contributed by atoms with Gasteiger partial charge in [0.25, 0.3) is 0 Å². The first-order chi connectivity index (χ1) is 9.70. The number of thiophene rings is 1. The molecule has 1 unspecified atom stereocenters. The summed E-state index contributed by atoms with van der Waals surface area (Å²) in [5.41, 5.74) is 1.23. The lowest BCUT2D eigenvalue weighted by atomic mass is 9.85. The summed E-state index contributed by atoms with van der Waals surface area (Å²) < 4.78 is 0.959. The first-order valence-corrected chi connectivity index (χ1v) is 9.39. The first-order valence-electron chi connectivity index (χ1n) is 8.20. The zero-order chi connectivity index (χ0) is 14.4. The van der Waals surface area contributed by atoms with Gasteiger partial charge in [-0.2, -0.15) is 0 Å². The van der Waals surface area contributed by atoms with Crippen molar-refractivity contribution >= 4 is 22.9 Å². The van der Waals surface area contributed by atoms with E-state index in [4.69, 9.17) is 11.6 Å². The van der Waals surface area contributed by atoms with Gasteiger partial charge in [0.1, 0.15) is 0 Å². The molecule has 1 saturated carbocycles. The van der Waals surface area contributed by atoms with Crippen molar-refractivity contribution in [1.82, 2.24) is 5.32 Å². The summed E-state index contributed by atoms with van der Waals surface area (Å²) in [6.07, 6.45) is 11.1. The zero-order valence-corrected chi connectivity index (χ0v) is 14.5. The monoisotopic (exact) mass is 313 g/mol. The van der Waals surface area contributed by atoms with Crippen LogP contribution in [0.15, 0.2) is 6.07 Å². The van der Waals surface area contributed by atoms with E-state index in [1.807, 2.05) is 0 Å². The van der Waals surface area contributed by atoms with Crippen molar-refractivity contribution in [3.63, 3.8) is 0 Å². The summed E-state index contributed by atoms with van der Waals surface area (Å²) in [6.45, 7) is 5.45. The molecule has 0 spiro atoms. The first kappa shape index (κ1) is 16.3. The van der Waals surface area contributed by atoms with Crippen molar-refractivity contribution in [2.75, 3.05) is 6.54 Å². The highest BCUT2D eigenvalue weighted by atomic mass is 35.5. The molecule has 0 bridgehead atoms. The van der Waals surface area contributed by atoms with Gasteiger partial charge in [-0.25, -0.2) is 0 Å². The Hall–Kier alpha value is -0.0500. The molecule has 114 valence electrons. The number of nitrogens with one attached hydrogen (secondary N) is 1. The van der Waals surface area contributed by atoms with Crippen molar-refractivity contribution in [3.05, 3.63) is 20.8 Å². The number of hydrogen-bond donors (Lipinski definition) is 1. The molecule has 1 atom stereocenters. The standard InChI is InChI=1S/C17H28ClNS/c1-3-11-19-15(16-12-13(2)17(18)20-16)10-9-14-7-5-4-6-8-14/h12,14-15,19H,3-11H2,1-2H3. The number of hydrogen-bond acceptors (Lipinski definition) is 2. The zero-order valence-electron chi connectivity index (χ0n) is 12.9. The average Bonchev–Trinajstić information content (AvgIpc) is 2.80. The van der Waals surface area contributed by atoms with Gasteiger partial charge in [-0.1, -0.05) is 50.6 Å². The van der Waals surface area contributed by atoms with E-state index in [1.54, 1.807) is 11.3 Å². The molecule has 1 fully saturated rings. The van der Waals surface area contributed by atoms with Crippen LogP contribution in [0.25, 0.3) is 0 Å². The van der Waals surface area contributed by atoms with Gasteiger partial charge in [0.2, 0.25) is 0 Å². The molecule has 1 aromatic rings. The molecule has 3 heteroatoms. The third-order valence-electron chi connectivity index (χ3n) is 4.45. The maximum atomic E-state index is 6.25. The van der Waals surface area contributed by atoms with Crippen LogP contribution in [0.3, 0.4) is 0 Å². The van der Waals surface area contributed by atoms with Gasteiger partial charge < -0.3 is 5.32 Å². The largest absolute Gasteiger partial charge is 0.309 e. The summed E-state index contributed by atoms with van der Waals surface area (Å²) in [5.74, 6) is 0.964. The summed E-state index contributed by atoms with van der Waals surface area (Å²) in [7, 11) is 0. The minimum Gasteiger partial charge on any atom is -0.309 e. The van der Waals surface area contributed by atoms with Crippen LogP contribution in [-0.4, -0.2) is 6.54 Å². The van der Waals surface area contributed by atoms with E-state index in [9.17, 15) is 0 Å². The maximum Gasteiger partial charge on any atom is 0.0960 e. The summed E-state index contributed by atoms with van der Waals surface area (Å²) in [6, 6.07) is 2.79. The Labute approximate surface area is 133 Å². The molecule has 1 heterocycles. The van der Waals surface area contributed by atoms with E-state index in [0.29, 0.717) is 6.04 Å². The smallest absolute Gasteiger partial charge is 0.0960 e. The normalized spacial score (nSPS) is 18.4. The van der Waals surface area contributed by atoms with E-state index in [2.05, 4.69) is 25.2 Å². The topological polar surface area (TPSA) is 12.0 Å². The summed E-state index contributed by atoms with van der Waals surface area (Å²) in [4.78, 5) is 1.43. The van der Waals surface area contributed by atoms with Gasteiger partial charge in [-0.15, -0.1) is 11.3 Å². The summed E-state index contributed by atoms with van der Waals surface area (Å²) >= 11 is 8.01. The predicted molar refractivity (Wildman–Crippen MR) is 90.9 cm³/mol. The highest BCUT2D eigenvalue weighted by Gasteiger charge is 2.19. The molecule has 20 heavy (non-hydrogen) atoms. The van der Waals surface area contributed by atoms with E-state index in [0.717, 1.165) is 16.8 Å². The number of rotatable bonds is 7. The van der Waals surface area contributed by atoms with E-state index < -0.39 is 0 Å². The van der Waals surface area contributed by atoms with Gasteiger partial charge in [0, 0.05) is 10.9 Å². The quantitative estimate of drug-likeness (QED) is 0.640. The fourth-order valence-corrected chi connectivity index (χ4v) is 4.52. The van der Waals surface area contributed by atoms with Crippen LogP contribution in [0.5, 0.6) is 0 Å². The number of halogens is 1. The third kappa shape index (κ3) is 4.75. The van der Waals surface area contributed by atoms with E-state index in [1.165, 1.54) is 61.8 Å². The maximum absolute atomic E-state index is 6.25. The molecule has 1 N–H and O–H groups in total. The van der Waals surface area contributed by atoms with Crippen molar-refractivity contribution in [1.29, 1.82) is 0 Å². The molecule has 2 rings (SSSR count). The molecule has 0 amide bonds. The van der Waals surface area contributed by atoms with Crippen LogP contribution in [-0.2, 0) is 0 Å². The third-order valence-corrected chi connectivity index (χ3v) is 6.12. The fraction of sp³-hybridized carbons (Fsp3) is 0.765. The molecule has 1 aliphatic rings. The van der Waals surface area contributed by atoms with Crippen LogP contribution in [0.1, 0.15) is 74.8 Å². The Morgan fingerprint density at radius 2 is 2.10 bits per heavy atom. The minimum absolute atomic E-state index is 0.507. The molecule has 1 aromatic heterocycles. The molecular weight excluding hydrogens is 286 g/mol. The van der Waals surface area contributed by atoms with Crippen molar-refractivity contribution in [2.24, 2.45) is 5.92 Å². The molecule has 1 aliphatic carbocycles. The lowest BCUT2D eigenvalue weighted by Gasteiger charge is -2.24. The predicted octanol–water partition coefficient (Wildman–Crippen LogP) is 6.11. The number of aryl methyl sites for hydroxylation is 1. The highest BCUT2D eigenvalue weighted by Crippen LogP contribution is 2.35. The Bertz CT molecular complexity index is 376. The molecule has 0 saturated heterocycles. The minimum atomic E-state index is 0.507. The van der Waals surface area contributed by atoms with Gasteiger partial charge in [0.05, 0.1) is 4.34 Å². The van der Waals surface area contributed by atoms with Gasteiger partial charge in [-0.3, -0.25) is 0 Å². The van der Waals surface area contributed by atoms with Gasteiger partial charge in [-0.05, 0) is 50.3 Å². The summed E-state index contributed by atoms with van der Waals surface area (Å²) in [5, 5.41) is 3.72. The second kappa shape index (κ2) is 8.41. The van der Waals surface area contributed by atoms with Crippen LogP contribution >= 0.6 is 22.9 Å². The van der Waals surface area contributed by atoms with Crippen molar-refractivity contribution in [2.45, 2.75) is 71.3 Å². The lowest BCUT2D eigenvalue weighted by Crippen LogP contribution is -2.22. The SMILES string of the molecule is CCCNC(CCC1CCCCC1)c1cc(C)c(Cl)s1. The average molecular weight is 314 g/mol. The van der Waals surface area contributed by atoms with Crippen LogP contribution in [0.4, 0.5) is 0 Å². The van der Waals surface area contributed by atoms with Crippen molar-refractivity contribution in [3.8, 4) is 0 Å². The van der Waals surface area contributed by atoms with E-state index in [-0.39, 0.29) is 0 Å². The Morgan fingerprint density at radius 3 is 2.70 bits per heavy atom. The second-order valence-corrected chi connectivity index (χ2v) is 7.88. The molecule has 1 nitrogen and oxygen atoms in total. The van der Waals surface area contributed by atoms with E-state index >= 15 is 0 Å². The van der Waals surface area contributed by atoms with Crippen LogP contribution in [0, 0.1) is 12.8 Å². The highest BCUT2D eigenvalue weighted by molar-refractivity contribution is 7.16. The van der Waals surface area contributed by atoms with Crippen LogP contribution in [0.2, 0.25) is 4.34 Å². The van der Waals surface area contributed by atoms with Crippen molar-refractivity contribution < 1.29 is 0 Å². The second-order valence-electron chi connectivity index (χ2n) is 6.19. The molecule has 0 radical (unpaired) electrons. The van der Waals surface area contributed by atoms with Gasteiger partial charge in [0.15, 0.2) is 0 Å². The molecule has 0 aromatic carbocycles. The molecular formula is C17H28ClNS. The Morgan fingerprint density at radius 1 is 1.35 bits per heavy atom. The fourth-order valence-electron chi connectivity index (χ4n) is 3.20. The Kier molecular flexibility index (Phi) is 6.86. The molecule has 0 aliphatic heterocycles. The van der Waals surface area contributed by atoms with Gasteiger partial charge >= 0.3 is 0 Å². The Balaban J connectivity index is 1.92. The van der Waals surface area contributed by atoms with Crippen LogP contribution < -0.4 is 5.32 Å². The lowest BCUT2D eigenvalue weighted by molar-refractivity contribution is 0.315.